The Morgan fingerprint density at radius 2 is 1.82 bits per heavy atom. The third-order valence-corrected chi connectivity index (χ3v) is 1.99. The van der Waals surface area contributed by atoms with Gasteiger partial charge in [0.2, 0.25) is 0 Å². The van der Waals surface area contributed by atoms with Gasteiger partial charge in [-0.1, -0.05) is 34.1 Å². The molecule has 0 N–H and O–H groups in total. The molecule has 0 atom stereocenters. The molecule has 0 fully saturated rings. The molecule has 0 saturated carbocycles. The summed E-state index contributed by atoms with van der Waals surface area (Å²) in [6.45, 7) is 8.41. The van der Waals surface area contributed by atoms with E-state index in [2.05, 4.69) is 27.7 Å². The lowest BCUT2D eigenvalue weighted by Crippen LogP contribution is -2.09. The minimum Gasteiger partial charge on any atom is -0.289 e. The van der Waals surface area contributed by atoms with Crippen LogP contribution in [0.3, 0.4) is 0 Å². The first kappa shape index (κ1) is 8.51. The number of hydrogen-bond donors (Lipinski definition) is 0. The summed E-state index contributed by atoms with van der Waals surface area (Å²) in [7, 11) is 0. The fraction of sp³-hybridized carbons (Fsp3) is 0.700. The van der Waals surface area contributed by atoms with Crippen LogP contribution in [0.1, 0.15) is 45.2 Å². The van der Waals surface area contributed by atoms with E-state index in [0.717, 1.165) is 24.0 Å². The normalized spacial score (nSPS) is 12.7. The minimum atomic E-state index is 0.0849. The zero-order valence-electron chi connectivity index (χ0n) is 7.82. The van der Waals surface area contributed by atoms with Crippen molar-refractivity contribution in [1.29, 1.82) is 0 Å². The molecule has 0 aliphatic carbocycles. The predicted octanol–water partition coefficient (Wildman–Crippen LogP) is 2.17. The van der Waals surface area contributed by atoms with Crippen LogP contribution < -0.4 is 5.43 Å². The number of hydrogen-bond acceptors (Lipinski definition) is 1. The van der Waals surface area contributed by atoms with Crippen LogP contribution in [0.5, 0.6) is 0 Å². The topological polar surface area (TPSA) is 17.1 Å². The van der Waals surface area contributed by atoms with Crippen molar-refractivity contribution in [3.05, 3.63) is 21.4 Å². The maximum Gasteiger partial charge on any atom is 0.186 e. The summed E-state index contributed by atoms with van der Waals surface area (Å²) < 4.78 is 0. The van der Waals surface area contributed by atoms with Crippen LogP contribution >= 0.6 is 0 Å². The van der Waals surface area contributed by atoms with Crippen molar-refractivity contribution >= 4 is 0 Å². The molecule has 0 aromatic heterocycles. The quantitative estimate of drug-likeness (QED) is 0.634. The second-order valence-electron chi connectivity index (χ2n) is 4.18. The van der Waals surface area contributed by atoms with E-state index in [1.54, 1.807) is 0 Å². The van der Waals surface area contributed by atoms with Crippen LogP contribution in [0.4, 0.5) is 0 Å². The van der Waals surface area contributed by atoms with Gasteiger partial charge >= 0.3 is 0 Å². The molecular formula is C10H16O. The third kappa shape index (κ3) is 1.52. The molecule has 1 rings (SSSR count). The van der Waals surface area contributed by atoms with Crippen molar-refractivity contribution in [1.82, 2.24) is 0 Å². The summed E-state index contributed by atoms with van der Waals surface area (Å²) in [4.78, 5) is 11.2. The molecule has 0 unspecified atom stereocenters. The van der Waals surface area contributed by atoms with Crippen LogP contribution in [0, 0.1) is 0 Å². The summed E-state index contributed by atoms with van der Waals surface area (Å²) in [6.07, 6.45) is 2.06. The van der Waals surface area contributed by atoms with Crippen molar-refractivity contribution in [3.63, 3.8) is 0 Å². The molecule has 0 saturated heterocycles. The molecular weight excluding hydrogens is 136 g/mol. The molecule has 1 aromatic rings. The van der Waals surface area contributed by atoms with Gasteiger partial charge in [0.05, 0.1) is 0 Å². The van der Waals surface area contributed by atoms with E-state index < -0.39 is 0 Å². The maximum absolute atomic E-state index is 11.2. The lowest BCUT2D eigenvalue weighted by atomic mass is 9.92. The van der Waals surface area contributed by atoms with Gasteiger partial charge in [-0.25, -0.2) is 0 Å². The second kappa shape index (κ2) is 2.47. The molecule has 1 heteroatoms. The molecule has 0 aliphatic rings. The fourth-order valence-corrected chi connectivity index (χ4v) is 1.49. The van der Waals surface area contributed by atoms with Gasteiger partial charge in [0, 0.05) is 11.1 Å². The van der Waals surface area contributed by atoms with Crippen LogP contribution in [-0.2, 0) is 11.8 Å². The summed E-state index contributed by atoms with van der Waals surface area (Å²) in [5, 5.41) is 0. The molecule has 11 heavy (non-hydrogen) atoms. The van der Waals surface area contributed by atoms with Gasteiger partial charge in [0.1, 0.15) is 0 Å². The lowest BCUT2D eigenvalue weighted by molar-refractivity contribution is 0.598. The zero-order chi connectivity index (χ0) is 8.65. The van der Waals surface area contributed by atoms with E-state index in [-0.39, 0.29) is 5.41 Å². The highest BCUT2D eigenvalue weighted by Crippen LogP contribution is 2.27. The van der Waals surface area contributed by atoms with E-state index >= 15 is 0 Å². The summed E-state index contributed by atoms with van der Waals surface area (Å²) >= 11 is 0. The van der Waals surface area contributed by atoms with E-state index in [9.17, 15) is 4.79 Å². The Morgan fingerprint density at radius 3 is 2.09 bits per heavy atom. The van der Waals surface area contributed by atoms with Crippen LogP contribution in [0.25, 0.3) is 0 Å². The Hall–Kier alpha value is -0.590. The van der Waals surface area contributed by atoms with Gasteiger partial charge in [-0.3, -0.25) is 4.79 Å². The molecule has 0 spiro atoms. The molecule has 1 nitrogen and oxygen atoms in total. The van der Waals surface area contributed by atoms with Crippen LogP contribution in [-0.4, -0.2) is 0 Å². The highest BCUT2D eigenvalue weighted by atomic mass is 16.1. The molecule has 1 aromatic carbocycles. The van der Waals surface area contributed by atoms with Crippen molar-refractivity contribution in [3.8, 4) is 0 Å². The second-order valence-corrected chi connectivity index (χ2v) is 4.18. The lowest BCUT2D eigenvalue weighted by Gasteiger charge is -2.11. The van der Waals surface area contributed by atoms with Gasteiger partial charge in [0.15, 0.2) is 5.43 Å². The van der Waals surface area contributed by atoms with Crippen molar-refractivity contribution in [2.75, 3.05) is 0 Å². The fourth-order valence-electron chi connectivity index (χ4n) is 1.49. The average molecular weight is 152 g/mol. The Kier molecular flexibility index (Phi) is 1.91. The highest BCUT2D eigenvalue weighted by molar-refractivity contribution is 5.44. The SMILES string of the molecule is CCCc1c(C(C)(C)C)c1=O. The molecule has 0 aliphatic heterocycles. The monoisotopic (exact) mass is 152 g/mol. The molecule has 0 heterocycles. The van der Waals surface area contributed by atoms with E-state index in [4.69, 9.17) is 0 Å². The van der Waals surface area contributed by atoms with Gasteiger partial charge in [-0.15, -0.1) is 0 Å². The van der Waals surface area contributed by atoms with Crippen molar-refractivity contribution in [2.45, 2.75) is 46.0 Å². The first-order valence-electron chi connectivity index (χ1n) is 4.26. The Labute approximate surface area is 68.1 Å². The molecule has 62 valence electrons. The van der Waals surface area contributed by atoms with Crippen LogP contribution in [0.2, 0.25) is 0 Å². The summed E-state index contributed by atoms with van der Waals surface area (Å²) in [5.41, 5.74) is 2.60. The van der Waals surface area contributed by atoms with Crippen molar-refractivity contribution < 1.29 is 0 Å². The standard InChI is InChI=1S/C10H16O/c1-5-6-7-8(9(7)11)10(2,3)4/h5-6H2,1-4H3. The Bertz CT molecular complexity index is 256. The summed E-state index contributed by atoms with van der Waals surface area (Å²) in [6, 6.07) is 0. The van der Waals surface area contributed by atoms with Gasteiger partial charge in [0.25, 0.3) is 0 Å². The highest BCUT2D eigenvalue weighted by Gasteiger charge is 2.30. The Balaban J connectivity index is 2.75. The largest absolute Gasteiger partial charge is 0.289 e. The van der Waals surface area contributed by atoms with Gasteiger partial charge < -0.3 is 0 Å². The first-order chi connectivity index (χ1) is 4.98. The minimum absolute atomic E-state index is 0.0849. The Morgan fingerprint density at radius 1 is 1.27 bits per heavy atom. The maximum atomic E-state index is 11.2. The van der Waals surface area contributed by atoms with Crippen molar-refractivity contribution in [2.24, 2.45) is 0 Å². The molecule has 0 amide bonds. The third-order valence-electron chi connectivity index (χ3n) is 1.99. The molecule has 0 bridgehead atoms. The van der Waals surface area contributed by atoms with E-state index in [0.29, 0.717) is 5.43 Å². The molecule has 0 radical (unpaired) electrons. The predicted molar refractivity (Wildman–Crippen MR) is 47.8 cm³/mol. The smallest absolute Gasteiger partial charge is 0.186 e. The number of rotatable bonds is 2. The summed E-state index contributed by atoms with van der Waals surface area (Å²) in [5.74, 6) is 0. The van der Waals surface area contributed by atoms with E-state index in [1.165, 1.54) is 0 Å². The van der Waals surface area contributed by atoms with E-state index in [1.807, 2.05) is 0 Å². The van der Waals surface area contributed by atoms with Gasteiger partial charge in [-0.2, -0.15) is 0 Å². The average Bonchev–Trinajstić information content (AvgIpc) is 2.41. The zero-order valence-corrected chi connectivity index (χ0v) is 7.82. The van der Waals surface area contributed by atoms with Crippen LogP contribution in [0.15, 0.2) is 4.79 Å². The van der Waals surface area contributed by atoms with Gasteiger partial charge in [-0.05, 0) is 11.8 Å². The first-order valence-corrected chi connectivity index (χ1v) is 4.26.